The second-order valence-corrected chi connectivity index (χ2v) is 8.27. The number of fused-ring (bicyclic) bond motifs is 1. The number of ether oxygens (including phenoxy) is 1. The van der Waals surface area contributed by atoms with E-state index < -0.39 is 41.2 Å². The van der Waals surface area contributed by atoms with Crippen LogP contribution in [0.3, 0.4) is 0 Å². The first-order valence-electron chi connectivity index (χ1n) is 10.2. The Kier molecular flexibility index (Phi) is 5.33. The minimum Gasteiger partial charge on any atom is -0.504 e. The number of imide groups is 1. The maximum atomic E-state index is 13.5. The zero-order chi connectivity index (χ0) is 24.1. The smallest absolute Gasteiger partial charge is 0.324 e. The van der Waals surface area contributed by atoms with Gasteiger partial charge in [0.1, 0.15) is 5.54 Å². The van der Waals surface area contributed by atoms with Crippen molar-refractivity contribution >= 4 is 35.1 Å². The summed E-state index contributed by atoms with van der Waals surface area (Å²) in [6.45, 7) is 2.72. The number of aromatic hydroxyl groups is 1. The summed E-state index contributed by atoms with van der Waals surface area (Å²) in [5, 5.41) is 26.1. The van der Waals surface area contributed by atoms with E-state index in [1.54, 1.807) is 24.3 Å². The van der Waals surface area contributed by atoms with Gasteiger partial charge in [-0.3, -0.25) is 24.5 Å². The van der Waals surface area contributed by atoms with Gasteiger partial charge in [-0.05, 0) is 37.3 Å². The van der Waals surface area contributed by atoms with Crippen molar-refractivity contribution in [1.29, 1.82) is 0 Å². The summed E-state index contributed by atoms with van der Waals surface area (Å²) in [6.07, 6.45) is 0. The Balaban J connectivity index is 1.78. The normalized spacial score (nSPS) is 26.3. The highest BCUT2D eigenvalue weighted by molar-refractivity contribution is 6.24. The summed E-state index contributed by atoms with van der Waals surface area (Å²) < 4.78 is 5.15. The Bertz CT molecular complexity index is 1160. The third-order valence-corrected chi connectivity index (χ3v) is 6.26. The van der Waals surface area contributed by atoms with Crippen LogP contribution in [-0.4, -0.2) is 46.6 Å². The molecule has 172 valence electrons. The summed E-state index contributed by atoms with van der Waals surface area (Å²) >= 11 is 0. The molecule has 3 amide bonds. The van der Waals surface area contributed by atoms with Crippen LogP contribution in [0.5, 0.6) is 11.5 Å². The average molecular weight is 453 g/mol. The van der Waals surface area contributed by atoms with E-state index in [1.165, 1.54) is 39.2 Å². The lowest BCUT2D eigenvalue weighted by Gasteiger charge is -2.27. The quantitative estimate of drug-likeness (QED) is 0.500. The number of para-hydroxylation sites is 1. The number of carbonyl (C=O) groups is 4. The molecule has 4 atom stereocenters. The predicted molar refractivity (Wildman–Crippen MR) is 117 cm³/mol. The van der Waals surface area contributed by atoms with Gasteiger partial charge in [-0.15, -0.1) is 0 Å². The Hall–Kier alpha value is -3.92. The molecule has 0 aliphatic carbocycles. The Labute approximate surface area is 189 Å². The van der Waals surface area contributed by atoms with E-state index in [4.69, 9.17) is 4.74 Å². The summed E-state index contributed by atoms with van der Waals surface area (Å²) in [5.74, 6) is -5.12. The first-order chi connectivity index (χ1) is 15.6. The molecule has 0 aromatic heterocycles. The minimum atomic E-state index is -1.75. The SMILES string of the molecule is COc1cccc(C2NC(C)(C(=O)O)C3C(=O)N(c4ccc(NC(C)=O)cc4)C(=O)C23)c1O. The molecule has 4 rings (SSSR count). The summed E-state index contributed by atoms with van der Waals surface area (Å²) in [7, 11) is 1.38. The van der Waals surface area contributed by atoms with Crippen LogP contribution in [0.1, 0.15) is 25.5 Å². The molecular formula is C23H23N3O7. The number of aliphatic carboxylic acids is 1. The number of nitrogens with zero attached hydrogens (tertiary/aromatic N) is 1. The molecule has 2 fully saturated rings. The number of nitrogens with one attached hydrogen (secondary N) is 2. The van der Waals surface area contributed by atoms with Crippen molar-refractivity contribution < 1.29 is 34.1 Å². The molecule has 0 radical (unpaired) electrons. The van der Waals surface area contributed by atoms with Gasteiger partial charge in [-0.25, -0.2) is 4.90 Å². The van der Waals surface area contributed by atoms with Crippen molar-refractivity contribution in [2.24, 2.45) is 11.8 Å². The number of carboxylic acids is 1. The molecular weight excluding hydrogens is 430 g/mol. The van der Waals surface area contributed by atoms with Crippen LogP contribution in [0.2, 0.25) is 0 Å². The Morgan fingerprint density at radius 2 is 1.79 bits per heavy atom. The zero-order valence-corrected chi connectivity index (χ0v) is 18.2. The fraction of sp³-hybridized carbons (Fsp3) is 0.304. The van der Waals surface area contributed by atoms with Crippen LogP contribution < -0.4 is 20.3 Å². The van der Waals surface area contributed by atoms with Crippen LogP contribution in [0, 0.1) is 11.8 Å². The highest BCUT2D eigenvalue weighted by atomic mass is 16.5. The number of hydrogen-bond donors (Lipinski definition) is 4. The van der Waals surface area contributed by atoms with Crippen molar-refractivity contribution in [3.8, 4) is 11.5 Å². The third-order valence-electron chi connectivity index (χ3n) is 6.26. The monoisotopic (exact) mass is 453 g/mol. The topological polar surface area (TPSA) is 145 Å². The van der Waals surface area contributed by atoms with E-state index in [2.05, 4.69) is 10.6 Å². The molecule has 4 unspecified atom stereocenters. The minimum absolute atomic E-state index is 0.164. The van der Waals surface area contributed by atoms with Gasteiger partial charge in [0.25, 0.3) is 0 Å². The van der Waals surface area contributed by atoms with Crippen molar-refractivity contribution in [2.75, 3.05) is 17.3 Å². The van der Waals surface area contributed by atoms with Gasteiger partial charge in [0, 0.05) is 24.2 Å². The molecule has 2 heterocycles. The number of hydrogen-bond acceptors (Lipinski definition) is 7. The molecule has 0 spiro atoms. The van der Waals surface area contributed by atoms with Gasteiger partial charge in [0.2, 0.25) is 17.7 Å². The largest absolute Gasteiger partial charge is 0.504 e. The first-order valence-corrected chi connectivity index (χ1v) is 10.2. The molecule has 2 saturated heterocycles. The summed E-state index contributed by atoms with van der Waals surface area (Å²) in [4.78, 5) is 51.4. The third kappa shape index (κ3) is 3.39. The van der Waals surface area contributed by atoms with Gasteiger partial charge in [-0.1, -0.05) is 12.1 Å². The second-order valence-electron chi connectivity index (χ2n) is 8.27. The molecule has 4 N–H and O–H groups in total. The van der Waals surface area contributed by atoms with E-state index in [-0.39, 0.29) is 28.7 Å². The van der Waals surface area contributed by atoms with Gasteiger partial charge < -0.3 is 20.3 Å². The van der Waals surface area contributed by atoms with Gasteiger partial charge in [0.05, 0.1) is 24.6 Å². The number of anilines is 2. The van der Waals surface area contributed by atoms with Gasteiger partial charge in [0.15, 0.2) is 11.5 Å². The maximum absolute atomic E-state index is 13.5. The van der Waals surface area contributed by atoms with E-state index in [1.807, 2.05) is 0 Å². The molecule has 2 aromatic rings. The van der Waals surface area contributed by atoms with E-state index >= 15 is 0 Å². The molecule has 2 aliphatic rings. The number of phenols is 1. The highest BCUT2D eigenvalue weighted by Crippen LogP contribution is 2.51. The molecule has 10 nitrogen and oxygen atoms in total. The zero-order valence-electron chi connectivity index (χ0n) is 18.2. The van der Waals surface area contributed by atoms with Crippen LogP contribution in [0.15, 0.2) is 42.5 Å². The summed E-state index contributed by atoms with van der Waals surface area (Å²) in [6, 6.07) is 9.87. The molecule has 10 heteroatoms. The highest BCUT2D eigenvalue weighted by Gasteiger charge is 2.67. The lowest BCUT2D eigenvalue weighted by Crippen LogP contribution is -2.53. The molecule has 2 aromatic carbocycles. The summed E-state index contributed by atoms with van der Waals surface area (Å²) in [5.41, 5.74) is -0.738. The van der Waals surface area contributed by atoms with E-state index in [0.29, 0.717) is 5.69 Å². The fourth-order valence-electron chi connectivity index (χ4n) is 4.71. The number of rotatable bonds is 5. The molecule has 0 saturated carbocycles. The standard InChI is InChI=1S/C23H23N3O7/c1-11(27)24-12-7-9-13(10-8-12)26-20(29)16-17(21(26)30)23(2,22(31)32)25-18(16)14-5-4-6-15(33-3)19(14)28/h4-10,16-18,25,28H,1-3H3,(H,24,27)(H,31,32). The van der Waals surface area contributed by atoms with Crippen LogP contribution >= 0.6 is 0 Å². The van der Waals surface area contributed by atoms with Crippen LogP contribution in [0.4, 0.5) is 11.4 Å². The number of carboxylic acid groups (broad SMARTS) is 1. The number of benzene rings is 2. The number of methoxy groups -OCH3 is 1. The van der Waals surface area contributed by atoms with Gasteiger partial charge in [-0.2, -0.15) is 0 Å². The second kappa shape index (κ2) is 7.89. The lowest BCUT2D eigenvalue weighted by atomic mass is 9.80. The predicted octanol–water partition coefficient (Wildman–Crippen LogP) is 1.65. The van der Waals surface area contributed by atoms with Crippen LogP contribution in [0.25, 0.3) is 0 Å². The lowest BCUT2D eigenvalue weighted by molar-refractivity contribution is -0.147. The maximum Gasteiger partial charge on any atom is 0.324 e. The van der Waals surface area contributed by atoms with Crippen molar-refractivity contribution in [3.63, 3.8) is 0 Å². The average Bonchev–Trinajstić information content (AvgIpc) is 3.22. The van der Waals surface area contributed by atoms with Gasteiger partial charge >= 0.3 is 5.97 Å². The number of amides is 3. The van der Waals surface area contributed by atoms with E-state index in [9.17, 15) is 29.4 Å². The molecule has 33 heavy (non-hydrogen) atoms. The van der Waals surface area contributed by atoms with Crippen molar-refractivity contribution in [2.45, 2.75) is 25.4 Å². The number of carbonyl (C=O) groups excluding carboxylic acids is 3. The van der Waals surface area contributed by atoms with Crippen LogP contribution in [-0.2, 0) is 19.2 Å². The van der Waals surface area contributed by atoms with Crippen molar-refractivity contribution in [1.82, 2.24) is 5.32 Å². The molecule has 2 aliphatic heterocycles. The van der Waals surface area contributed by atoms with E-state index in [0.717, 1.165) is 4.90 Å². The van der Waals surface area contributed by atoms with Crippen molar-refractivity contribution in [3.05, 3.63) is 48.0 Å². The molecule has 0 bridgehead atoms. The Morgan fingerprint density at radius 3 is 2.36 bits per heavy atom. The Morgan fingerprint density at radius 1 is 1.12 bits per heavy atom. The fourth-order valence-corrected chi connectivity index (χ4v) is 4.71. The first kappa shape index (κ1) is 22.3. The number of phenolic OH excluding ortho intramolecular Hbond substituents is 1.